The van der Waals surface area contributed by atoms with Crippen molar-refractivity contribution in [2.24, 2.45) is 18.1 Å². The highest BCUT2D eigenvalue weighted by Crippen LogP contribution is 2.34. The molecule has 0 saturated heterocycles. The van der Waals surface area contributed by atoms with Gasteiger partial charge in [-0.05, 0) is 70.7 Å². The molecule has 1 saturated carbocycles. The van der Waals surface area contributed by atoms with Crippen LogP contribution in [0.2, 0.25) is 0 Å². The van der Waals surface area contributed by atoms with Gasteiger partial charge in [0.05, 0.1) is 16.9 Å². The van der Waals surface area contributed by atoms with E-state index in [0.29, 0.717) is 11.2 Å². The average molecular weight is 473 g/mol. The van der Waals surface area contributed by atoms with Crippen molar-refractivity contribution in [3.8, 4) is 6.07 Å². The molecule has 8 heteroatoms. The van der Waals surface area contributed by atoms with E-state index in [-0.39, 0.29) is 23.1 Å². The summed E-state index contributed by atoms with van der Waals surface area (Å²) in [4.78, 5) is 29.7. The van der Waals surface area contributed by atoms with E-state index in [1.54, 1.807) is 36.0 Å². The predicted molar refractivity (Wildman–Crippen MR) is 137 cm³/mol. The smallest absolute Gasteiger partial charge is 0.252 e. The lowest BCUT2D eigenvalue weighted by molar-refractivity contribution is -0.0000710. The molecular formula is C27H32N6O2. The molecule has 4 rings (SSSR count). The molecule has 0 aromatic carbocycles. The Morgan fingerprint density at radius 3 is 2.57 bits per heavy atom. The van der Waals surface area contributed by atoms with Crippen LogP contribution in [-0.2, 0) is 11.9 Å². The Kier molecular flexibility index (Phi) is 6.88. The van der Waals surface area contributed by atoms with Gasteiger partial charge in [-0.25, -0.2) is 4.98 Å². The maximum absolute atomic E-state index is 12.7. The van der Waals surface area contributed by atoms with Gasteiger partial charge in [-0.3, -0.25) is 9.78 Å². The molecule has 0 aliphatic heterocycles. The zero-order valence-corrected chi connectivity index (χ0v) is 21.0. The number of aromatic nitrogens is 3. The van der Waals surface area contributed by atoms with E-state index in [1.165, 1.54) is 0 Å². The third-order valence-corrected chi connectivity index (χ3v) is 6.54. The number of pyridine rings is 3. The van der Waals surface area contributed by atoms with Crippen LogP contribution in [0.1, 0.15) is 57.8 Å². The molecular weight excluding hydrogens is 440 g/mol. The minimum Gasteiger partial charge on any atom is -0.390 e. The van der Waals surface area contributed by atoms with Crippen molar-refractivity contribution >= 4 is 22.4 Å². The van der Waals surface area contributed by atoms with E-state index < -0.39 is 0 Å². The number of fused-ring (bicyclic) bond motifs is 1. The minimum atomic E-state index is -0.382. The summed E-state index contributed by atoms with van der Waals surface area (Å²) in [6.45, 7) is 5.95. The molecule has 0 unspecified atom stereocenters. The summed E-state index contributed by atoms with van der Waals surface area (Å²) in [5.41, 5.74) is 3.75. The quantitative estimate of drug-likeness (QED) is 0.403. The lowest BCUT2D eigenvalue weighted by atomic mass is 9.81. The van der Waals surface area contributed by atoms with Crippen LogP contribution in [0.15, 0.2) is 52.5 Å². The highest BCUT2D eigenvalue weighted by atomic mass is 16.6. The maximum Gasteiger partial charge on any atom is 0.252 e. The van der Waals surface area contributed by atoms with Crippen LogP contribution in [0.25, 0.3) is 11.0 Å². The van der Waals surface area contributed by atoms with Gasteiger partial charge in [0, 0.05) is 38.3 Å². The Morgan fingerprint density at radius 1 is 1.20 bits per heavy atom. The van der Waals surface area contributed by atoms with E-state index in [4.69, 9.17) is 4.84 Å². The second-order valence-corrected chi connectivity index (χ2v) is 10.1. The van der Waals surface area contributed by atoms with Crippen molar-refractivity contribution in [2.75, 3.05) is 11.9 Å². The van der Waals surface area contributed by atoms with E-state index in [1.807, 2.05) is 46.0 Å². The largest absolute Gasteiger partial charge is 0.390 e. The Bertz CT molecular complexity index is 1330. The number of nitrogens with zero attached hydrogens (tertiary/aromatic N) is 6. The van der Waals surface area contributed by atoms with Gasteiger partial charge < -0.3 is 14.3 Å². The summed E-state index contributed by atoms with van der Waals surface area (Å²) >= 11 is 0. The molecule has 3 aromatic rings. The first-order valence-corrected chi connectivity index (χ1v) is 12.0. The first-order valence-electron chi connectivity index (χ1n) is 12.0. The summed E-state index contributed by atoms with van der Waals surface area (Å²) in [6, 6.07) is 13.3. The highest BCUT2D eigenvalue weighted by molar-refractivity contribution is 6.00. The van der Waals surface area contributed by atoms with Gasteiger partial charge in [0.2, 0.25) is 0 Å². The monoisotopic (exact) mass is 472 g/mol. The standard InChI is InChI=1S/C27H32N6O2/c1-27(2,3)35-31-25(21-8-6-7-15-29-21)18-9-12-20(13-10-18)32(4)23-16-24(34)33(5)22-14-11-19(17-28)30-26(22)23/h6-8,11,14-16,18,20H,9-10,12-13H2,1-5H3/b31-25+/t18-,20-. The minimum absolute atomic E-state index is 0.0940. The SMILES string of the molecule is Cn1c(=O)cc(N(C)[C@H]2CC[C@H](/C(=N\OC(C)(C)C)c3ccccn3)CC2)c2nc(C#N)ccc21. The number of hydrogen-bond acceptors (Lipinski definition) is 7. The van der Waals surface area contributed by atoms with Crippen molar-refractivity contribution in [2.45, 2.75) is 58.1 Å². The fourth-order valence-electron chi connectivity index (χ4n) is 4.61. The first-order chi connectivity index (χ1) is 16.7. The van der Waals surface area contributed by atoms with Crippen LogP contribution >= 0.6 is 0 Å². The van der Waals surface area contributed by atoms with Gasteiger partial charge in [0.15, 0.2) is 0 Å². The number of hydrogen-bond donors (Lipinski definition) is 0. The predicted octanol–water partition coefficient (Wildman–Crippen LogP) is 4.41. The Balaban J connectivity index is 1.59. The maximum atomic E-state index is 12.7. The highest BCUT2D eigenvalue weighted by Gasteiger charge is 2.30. The third kappa shape index (κ3) is 5.35. The number of nitriles is 1. The van der Waals surface area contributed by atoms with E-state index in [9.17, 15) is 10.1 Å². The van der Waals surface area contributed by atoms with Crippen molar-refractivity contribution in [1.82, 2.24) is 14.5 Å². The van der Waals surface area contributed by atoms with Gasteiger partial charge in [0.1, 0.15) is 28.6 Å². The van der Waals surface area contributed by atoms with Crippen LogP contribution in [0.4, 0.5) is 5.69 Å². The van der Waals surface area contributed by atoms with Crippen LogP contribution in [0.3, 0.4) is 0 Å². The molecule has 0 spiro atoms. The lowest BCUT2D eigenvalue weighted by Gasteiger charge is -2.36. The van der Waals surface area contributed by atoms with Crippen LogP contribution in [-0.4, -0.2) is 38.9 Å². The Hall–Kier alpha value is -3.73. The second-order valence-electron chi connectivity index (χ2n) is 10.1. The van der Waals surface area contributed by atoms with Crippen molar-refractivity contribution in [3.63, 3.8) is 0 Å². The van der Waals surface area contributed by atoms with Crippen LogP contribution < -0.4 is 10.5 Å². The molecule has 0 bridgehead atoms. The topological polar surface area (TPSA) is 96.4 Å². The third-order valence-electron chi connectivity index (χ3n) is 6.54. The number of rotatable bonds is 5. The molecule has 0 amide bonds. The normalized spacial score (nSPS) is 18.8. The van der Waals surface area contributed by atoms with Crippen molar-refractivity contribution < 1.29 is 4.84 Å². The fraction of sp³-hybridized carbons (Fsp3) is 0.444. The summed E-state index contributed by atoms with van der Waals surface area (Å²) < 4.78 is 1.57. The molecule has 1 fully saturated rings. The number of oxime groups is 1. The van der Waals surface area contributed by atoms with Crippen LogP contribution in [0.5, 0.6) is 0 Å². The van der Waals surface area contributed by atoms with Crippen molar-refractivity contribution in [1.29, 1.82) is 5.26 Å². The lowest BCUT2D eigenvalue weighted by Crippen LogP contribution is -2.38. The molecule has 8 nitrogen and oxygen atoms in total. The summed E-state index contributed by atoms with van der Waals surface area (Å²) in [7, 11) is 3.74. The van der Waals surface area contributed by atoms with Gasteiger partial charge in [-0.2, -0.15) is 5.26 Å². The molecule has 0 N–H and O–H groups in total. The molecule has 0 atom stereocenters. The molecule has 35 heavy (non-hydrogen) atoms. The molecule has 1 aliphatic carbocycles. The van der Waals surface area contributed by atoms with E-state index in [0.717, 1.165) is 48.3 Å². The van der Waals surface area contributed by atoms with E-state index in [2.05, 4.69) is 26.1 Å². The number of aryl methyl sites for hydroxylation is 1. The average Bonchev–Trinajstić information content (AvgIpc) is 2.86. The first kappa shape index (κ1) is 24.4. The Morgan fingerprint density at radius 2 is 1.94 bits per heavy atom. The van der Waals surface area contributed by atoms with Gasteiger partial charge in [-0.15, -0.1) is 0 Å². The van der Waals surface area contributed by atoms with Gasteiger partial charge in [-0.1, -0.05) is 11.2 Å². The summed E-state index contributed by atoms with van der Waals surface area (Å²) in [5, 5.41) is 13.9. The van der Waals surface area contributed by atoms with Gasteiger partial charge >= 0.3 is 0 Å². The molecule has 1 aliphatic rings. The second kappa shape index (κ2) is 9.87. The van der Waals surface area contributed by atoms with E-state index >= 15 is 0 Å². The van der Waals surface area contributed by atoms with Crippen molar-refractivity contribution in [3.05, 3.63) is 64.3 Å². The number of anilines is 1. The summed E-state index contributed by atoms with van der Waals surface area (Å²) in [5.74, 6) is 0.237. The molecule has 0 radical (unpaired) electrons. The Labute approximate surface area is 205 Å². The fourth-order valence-corrected chi connectivity index (χ4v) is 4.61. The molecule has 182 valence electrons. The summed E-state index contributed by atoms with van der Waals surface area (Å²) in [6.07, 6.45) is 5.49. The van der Waals surface area contributed by atoms with Crippen LogP contribution in [0, 0.1) is 17.2 Å². The molecule has 3 aromatic heterocycles. The zero-order chi connectivity index (χ0) is 25.2. The zero-order valence-electron chi connectivity index (χ0n) is 21.0. The van der Waals surface area contributed by atoms with Gasteiger partial charge in [0.25, 0.3) is 5.56 Å². The molecule has 3 heterocycles.